The van der Waals surface area contributed by atoms with Gasteiger partial charge in [-0.1, -0.05) is 20.8 Å². The molecule has 0 spiro atoms. The monoisotopic (exact) mass is 266 g/mol. The molecule has 18 heavy (non-hydrogen) atoms. The predicted molar refractivity (Wildman–Crippen MR) is 81.6 cm³/mol. The Balaban J connectivity index is 2.50. The van der Waals surface area contributed by atoms with E-state index >= 15 is 0 Å². The van der Waals surface area contributed by atoms with Crippen molar-refractivity contribution in [1.82, 2.24) is 0 Å². The van der Waals surface area contributed by atoms with Crippen molar-refractivity contribution in [2.45, 2.75) is 25.5 Å². The van der Waals surface area contributed by atoms with Crippen LogP contribution < -0.4 is 10.2 Å². The second-order valence-electron chi connectivity index (χ2n) is 5.39. The van der Waals surface area contributed by atoms with Gasteiger partial charge in [0.1, 0.15) is 0 Å². The van der Waals surface area contributed by atoms with E-state index in [9.17, 15) is 4.79 Å². The molecule has 0 saturated heterocycles. The number of thioether (sulfide) groups is 1. The first kappa shape index (κ1) is 14.9. The average molecular weight is 266 g/mol. The van der Waals surface area contributed by atoms with E-state index in [2.05, 4.69) is 26.1 Å². The van der Waals surface area contributed by atoms with Crippen molar-refractivity contribution >= 4 is 29.0 Å². The van der Waals surface area contributed by atoms with Crippen LogP contribution >= 0.6 is 11.8 Å². The van der Waals surface area contributed by atoms with Crippen LogP contribution in [0.15, 0.2) is 24.3 Å². The molecule has 3 nitrogen and oxygen atoms in total. The molecule has 4 heteroatoms. The smallest absolute Gasteiger partial charge is 0.234 e. The van der Waals surface area contributed by atoms with Crippen LogP contribution in [-0.2, 0) is 4.79 Å². The maximum Gasteiger partial charge on any atom is 0.234 e. The highest BCUT2D eigenvalue weighted by atomic mass is 32.2. The van der Waals surface area contributed by atoms with Gasteiger partial charge in [0.05, 0.1) is 5.75 Å². The molecule has 1 aromatic rings. The van der Waals surface area contributed by atoms with Crippen LogP contribution in [0, 0.1) is 0 Å². The Labute approximate surface area is 114 Å². The van der Waals surface area contributed by atoms with E-state index in [0.29, 0.717) is 5.75 Å². The summed E-state index contributed by atoms with van der Waals surface area (Å²) < 4.78 is 0.117. The molecule has 0 aromatic heterocycles. The van der Waals surface area contributed by atoms with Gasteiger partial charge in [-0.15, -0.1) is 11.8 Å². The van der Waals surface area contributed by atoms with Crippen molar-refractivity contribution in [1.29, 1.82) is 0 Å². The standard InChI is InChI=1S/C14H22N2OS/c1-14(2,3)18-10-13(17)15-11-6-8-12(9-7-11)16(4)5/h6-9H,10H2,1-5H3,(H,15,17). The SMILES string of the molecule is CN(C)c1ccc(NC(=O)CSC(C)(C)C)cc1. The van der Waals surface area contributed by atoms with Crippen molar-refractivity contribution in [3.05, 3.63) is 24.3 Å². The quantitative estimate of drug-likeness (QED) is 0.908. The summed E-state index contributed by atoms with van der Waals surface area (Å²) in [6, 6.07) is 7.84. The zero-order chi connectivity index (χ0) is 13.8. The minimum absolute atomic E-state index is 0.0486. The molecule has 0 heterocycles. The first-order chi connectivity index (χ1) is 8.28. The van der Waals surface area contributed by atoms with E-state index in [-0.39, 0.29) is 10.7 Å². The van der Waals surface area contributed by atoms with Crippen LogP contribution in [0.2, 0.25) is 0 Å². The molecule has 1 aromatic carbocycles. The van der Waals surface area contributed by atoms with Crippen molar-refractivity contribution in [3.63, 3.8) is 0 Å². The van der Waals surface area contributed by atoms with Crippen molar-refractivity contribution in [3.8, 4) is 0 Å². The molecule has 100 valence electrons. The molecule has 1 N–H and O–H groups in total. The molecule has 0 bridgehead atoms. The van der Waals surface area contributed by atoms with Gasteiger partial charge >= 0.3 is 0 Å². The van der Waals surface area contributed by atoms with Crippen LogP contribution in [0.1, 0.15) is 20.8 Å². The van der Waals surface area contributed by atoms with E-state index in [0.717, 1.165) is 11.4 Å². The Morgan fingerprint density at radius 2 is 1.78 bits per heavy atom. The zero-order valence-electron chi connectivity index (χ0n) is 11.8. The summed E-state index contributed by atoms with van der Waals surface area (Å²) >= 11 is 1.65. The molecule has 0 aliphatic heterocycles. The number of hydrogen-bond acceptors (Lipinski definition) is 3. The number of benzene rings is 1. The van der Waals surface area contributed by atoms with Crippen LogP contribution in [0.4, 0.5) is 11.4 Å². The summed E-state index contributed by atoms with van der Waals surface area (Å²) in [7, 11) is 3.99. The summed E-state index contributed by atoms with van der Waals surface area (Å²) in [5.41, 5.74) is 1.97. The number of nitrogens with one attached hydrogen (secondary N) is 1. The number of rotatable bonds is 4. The lowest BCUT2D eigenvalue weighted by Crippen LogP contribution is -2.19. The van der Waals surface area contributed by atoms with Gasteiger partial charge in [0.15, 0.2) is 0 Å². The van der Waals surface area contributed by atoms with Gasteiger partial charge in [0, 0.05) is 30.2 Å². The highest BCUT2D eigenvalue weighted by Gasteiger charge is 2.13. The fourth-order valence-electron chi connectivity index (χ4n) is 1.32. The highest BCUT2D eigenvalue weighted by molar-refractivity contribution is 8.01. The number of carbonyl (C=O) groups excluding carboxylic acids is 1. The fourth-order valence-corrected chi connectivity index (χ4v) is 1.96. The van der Waals surface area contributed by atoms with E-state index in [1.54, 1.807) is 11.8 Å². The molecule has 1 rings (SSSR count). The third-order valence-corrected chi connectivity index (χ3v) is 3.58. The Kier molecular flexibility index (Phi) is 5.08. The number of carbonyl (C=O) groups is 1. The van der Waals surface area contributed by atoms with Gasteiger partial charge in [-0.25, -0.2) is 0 Å². The van der Waals surface area contributed by atoms with Gasteiger partial charge in [-0.2, -0.15) is 0 Å². The number of nitrogens with zero attached hydrogens (tertiary/aromatic N) is 1. The first-order valence-corrected chi connectivity index (χ1v) is 6.98. The van der Waals surface area contributed by atoms with E-state index < -0.39 is 0 Å². The predicted octanol–water partition coefficient (Wildman–Crippen LogP) is 3.22. The maximum atomic E-state index is 11.7. The van der Waals surface area contributed by atoms with Gasteiger partial charge in [-0.05, 0) is 24.3 Å². The lowest BCUT2D eigenvalue weighted by Gasteiger charge is -2.17. The fraction of sp³-hybridized carbons (Fsp3) is 0.500. The van der Waals surface area contributed by atoms with Gasteiger partial charge in [0.25, 0.3) is 0 Å². The normalized spacial score (nSPS) is 11.2. The number of hydrogen-bond donors (Lipinski definition) is 1. The lowest BCUT2D eigenvalue weighted by atomic mass is 10.2. The van der Waals surface area contributed by atoms with Gasteiger partial charge in [0.2, 0.25) is 5.91 Å². The molecule has 0 radical (unpaired) electrons. The topological polar surface area (TPSA) is 32.3 Å². The third-order valence-electron chi connectivity index (χ3n) is 2.30. The van der Waals surface area contributed by atoms with Crippen LogP contribution in [0.5, 0.6) is 0 Å². The van der Waals surface area contributed by atoms with Crippen molar-refractivity contribution < 1.29 is 4.79 Å². The molecule has 0 atom stereocenters. The summed E-state index contributed by atoms with van der Waals surface area (Å²) in [5, 5.41) is 2.90. The largest absolute Gasteiger partial charge is 0.378 e. The Bertz CT molecular complexity index is 393. The molecular formula is C14H22N2OS. The van der Waals surface area contributed by atoms with Crippen molar-refractivity contribution in [2.24, 2.45) is 0 Å². The third kappa shape index (κ3) is 5.45. The van der Waals surface area contributed by atoms with E-state index in [1.807, 2.05) is 43.3 Å². The van der Waals surface area contributed by atoms with E-state index in [1.165, 1.54) is 0 Å². The first-order valence-electron chi connectivity index (χ1n) is 5.99. The van der Waals surface area contributed by atoms with Gasteiger partial charge < -0.3 is 10.2 Å². The van der Waals surface area contributed by atoms with E-state index in [4.69, 9.17) is 0 Å². The summed E-state index contributed by atoms with van der Waals surface area (Å²) in [4.78, 5) is 13.8. The highest BCUT2D eigenvalue weighted by Crippen LogP contribution is 2.23. The Morgan fingerprint density at radius 1 is 1.22 bits per heavy atom. The number of anilines is 2. The summed E-state index contributed by atoms with van der Waals surface area (Å²) in [6.07, 6.45) is 0. The molecule has 0 fully saturated rings. The molecular weight excluding hydrogens is 244 g/mol. The Morgan fingerprint density at radius 3 is 2.22 bits per heavy atom. The zero-order valence-corrected chi connectivity index (χ0v) is 12.6. The van der Waals surface area contributed by atoms with Crippen LogP contribution in [-0.4, -0.2) is 30.5 Å². The minimum atomic E-state index is 0.0486. The Hall–Kier alpha value is -1.16. The second kappa shape index (κ2) is 6.14. The second-order valence-corrected chi connectivity index (χ2v) is 7.19. The lowest BCUT2D eigenvalue weighted by molar-refractivity contribution is -0.113. The van der Waals surface area contributed by atoms with Crippen LogP contribution in [0.25, 0.3) is 0 Å². The average Bonchev–Trinajstić information content (AvgIpc) is 2.26. The molecule has 0 saturated carbocycles. The van der Waals surface area contributed by atoms with Crippen molar-refractivity contribution in [2.75, 3.05) is 30.1 Å². The number of amides is 1. The molecule has 0 aliphatic carbocycles. The minimum Gasteiger partial charge on any atom is -0.378 e. The molecule has 0 unspecified atom stereocenters. The molecule has 1 amide bonds. The summed E-state index contributed by atoms with van der Waals surface area (Å²) in [5.74, 6) is 0.534. The molecule has 0 aliphatic rings. The maximum absolute atomic E-state index is 11.7. The summed E-state index contributed by atoms with van der Waals surface area (Å²) in [6.45, 7) is 6.32. The van der Waals surface area contributed by atoms with Crippen LogP contribution in [0.3, 0.4) is 0 Å². The van der Waals surface area contributed by atoms with Gasteiger partial charge in [-0.3, -0.25) is 4.79 Å².